The number of hydrogen-bond acceptors (Lipinski definition) is 4. The summed E-state index contributed by atoms with van der Waals surface area (Å²) in [6.45, 7) is 4.24. The molecular formula is C27H25F3NO4+. The molecule has 4 aromatic rings. The summed E-state index contributed by atoms with van der Waals surface area (Å²) in [6.07, 6.45) is -4.99. The van der Waals surface area contributed by atoms with Crippen molar-refractivity contribution in [3.8, 4) is 17.2 Å². The summed E-state index contributed by atoms with van der Waals surface area (Å²) in [5, 5.41) is 10.4. The van der Waals surface area contributed by atoms with Gasteiger partial charge >= 0.3 is 6.18 Å². The molecule has 1 heterocycles. The lowest BCUT2D eigenvalue weighted by molar-refractivity contribution is -0.907. The maximum absolute atomic E-state index is 14.0. The summed E-state index contributed by atoms with van der Waals surface area (Å²) in [5.74, 6) is -2.62. The van der Waals surface area contributed by atoms with Crippen molar-refractivity contribution in [1.82, 2.24) is 0 Å². The predicted molar refractivity (Wildman–Crippen MR) is 126 cm³/mol. The summed E-state index contributed by atoms with van der Waals surface area (Å²) in [4.78, 5) is 14.1. The standard InChI is InChI=1S/C27H24F3NO4/c1-16-11-17(2)13-19(12-16)34-25-23(33)20-9-10-22(32)21(24(20)35-26(25)27(28,29)30)15-31(3)14-18-7-5-4-6-8-18/h4-13,32H,14-15H2,1-3H3/p+1. The van der Waals surface area contributed by atoms with Crippen LogP contribution >= 0.6 is 0 Å². The number of rotatable bonds is 6. The summed E-state index contributed by atoms with van der Waals surface area (Å²) in [7, 11) is 1.84. The van der Waals surface area contributed by atoms with Gasteiger partial charge in [0.25, 0.3) is 5.76 Å². The van der Waals surface area contributed by atoms with Crippen molar-refractivity contribution in [3.05, 3.63) is 98.9 Å². The van der Waals surface area contributed by atoms with Gasteiger partial charge in [0.05, 0.1) is 18.0 Å². The number of aromatic hydroxyl groups is 1. The fourth-order valence-electron chi connectivity index (χ4n) is 4.16. The second kappa shape index (κ2) is 9.46. The monoisotopic (exact) mass is 484 g/mol. The zero-order chi connectivity index (χ0) is 25.3. The van der Waals surface area contributed by atoms with Crippen LogP contribution in [0.5, 0.6) is 17.2 Å². The average molecular weight is 484 g/mol. The van der Waals surface area contributed by atoms with E-state index < -0.39 is 23.1 Å². The van der Waals surface area contributed by atoms with Gasteiger partial charge in [0.2, 0.25) is 11.2 Å². The van der Waals surface area contributed by atoms with Crippen LogP contribution in [0, 0.1) is 13.8 Å². The number of phenols is 1. The summed E-state index contributed by atoms with van der Waals surface area (Å²) >= 11 is 0. The Hall–Kier alpha value is -3.78. The number of nitrogens with one attached hydrogen (secondary N) is 1. The van der Waals surface area contributed by atoms with Crippen molar-refractivity contribution in [2.24, 2.45) is 0 Å². The van der Waals surface area contributed by atoms with Gasteiger partial charge in [-0.2, -0.15) is 13.2 Å². The summed E-state index contributed by atoms with van der Waals surface area (Å²) in [6, 6.07) is 17.0. The maximum atomic E-state index is 14.0. The quantitative estimate of drug-likeness (QED) is 0.398. The molecule has 0 saturated carbocycles. The number of quaternary nitrogens is 1. The summed E-state index contributed by atoms with van der Waals surface area (Å²) in [5.41, 5.74) is 1.43. The van der Waals surface area contributed by atoms with Crippen molar-refractivity contribution in [1.29, 1.82) is 0 Å². The number of phenolic OH excluding ortho intramolecular Hbond substituents is 1. The van der Waals surface area contributed by atoms with Crippen LogP contribution in [0.3, 0.4) is 0 Å². The van der Waals surface area contributed by atoms with Crippen LogP contribution in [-0.2, 0) is 19.3 Å². The van der Waals surface area contributed by atoms with Gasteiger partial charge < -0.3 is 19.2 Å². The Morgan fingerprint density at radius 1 is 0.971 bits per heavy atom. The highest BCUT2D eigenvalue weighted by Crippen LogP contribution is 2.40. The number of hydrogen-bond donors (Lipinski definition) is 2. The van der Waals surface area contributed by atoms with E-state index in [9.17, 15) is 23.1 Å². The predicted octanol–water partition coefficient (Wildman–Crippen LogP) is 5.14. The van der Waals surface area contributed by atoms with Gasteiger partial charge in [0, 0.05) is 5.56 Å². The number of alkyl halides is 3. The molecule has 0 aliphatic carbocycles. The Labute approximate surface area is 200 Å². The van der Waals surface area contributed by atoms with Crippen molar-refractivity contribution < 1.29 is 32.3 Å². The number of ether oxygens (including phenoxy) is 1. The molecule has 3 aromatic carbocycles. The second-order valence-electron chi connectivity index (χ2n) is 8.75. The van der Waals surface area contributed by atoms with Crippen LogP contribution in [0.4, 0.5) is 13.2 Å². The van der Waals surface area contributed by atoms with E-state index in [0.29, 0.717) is 6.54 Å². The number of halogens is 3. The SMILES string of the molecule is Cc1cc(C)cc(Oc2c(C(F)(F)F)oc3c(C[NH+](C)Cc4ccccc4)c(O)ccc3c2=O)c1. The normalized spacial score (nSPS) is 12.6. The van der Waals surface area contributed by atoms with Gasteiger partial charge in [-0.3, -0.25) is 4.79 Å². The number of fused-ring (bicyclic) bond motifs is 1. The van der Waals surface area contributed by atoms with Gasteiger partial charge in [-0.1, -0.05) is 36.4 Å². The van der Waals surface area contributed by atoms with Gasteiger partial charge in [-0.25, -0.2) is 0 Å². The van der Waals surface area contributed by atoms with E-state index in [2.05, 4.69) is 0 Å². The third kappa shape index (κ3) is 5.33. The lowest BCUT2D eigenvalue weighted by Crippen LogP contribution is -3.06. The molecule has 0 radical (unpaired) electrons. The first-order valence-corrected chi connectivity index (χ1v) is 11.0. The van der Waals surface area contributed by atoms with E-state index in [0.717, 1.165) is 21.6 Å². The van der Waals surface area contributed by atoms with Crippen molar-refractivity contribution in [2.75, 3.05) is 7.05 Å². The first-order valence-electron chi connectivity index (χ1n) is 11.0. The highest BCUT2D eigenvalue weighted by atomic mass is 19.4. The van der Waals surface area contributed by atoms with Crippen LogP contribution in [0.25, 0.3) is 11.0 Å². The second-order valence-corrected chi connectivity index (χ2v) is 8.75. The lowest BCUT2D eigenvalue weighted by atomic mass is 10.1. The maximum Gasteiger partial charge on any atom is 0.453 e. The Bertz CT molecular complexity index is 1410. The zero-order valence-electron chi connectivity index (χ0n) is 19.5. The molecule has 0 bridgehead atoms. The minimum absolute atomic E-state index is 0.0994. The average Bonchev–Trinajstić information content (AvgIpc) is 2.76. The van der Waals surface area contributed by atoms with E-state index in [-0.39, 0.29) is 34.6 Å². The van der Waals surface area contributed by atoms with Crippen LogP contribution in [0.1, 0.15) is 28.0 Å². The molecule has 2 N–H and O–H groups in total. The smallest absolute Gasteiger partial charge is 0.453 e. The Morgan fingerprint density at radius 3 is 2.26 bits per heavy atom. The molecule has 5 nitrogen and oxygen atoms in total. The van der Waals surface area contributed by atoms with E-state index >= 15 is 0 Å². The molecular weight excluding hydrogens is 459 g/mol. The molecule has 4 rings (SSSR count). The summed E-state index contributed by atoms with van der Waals surface area (Å²) < 4.78 is 52.8. The molecule has 0 aliphatic heterocycles. The molecule has 182 valence electrons. The largest absolute Gasteiger partial charge is 0.507 e. The van der Waals surface area contributed by atoms with E-state index in [1.54, 1.807) is 26.0 Å². The van der Waals surface area contributed by atoms with E-state index in [1.807, 2.05) is 43.4 Å². The third-order valence-electron chi connectivity index (χ3n) is 5.60. The molecule has 1 unspecified atom stereocenters. The van der Waals surface area contributed by atoms with Gasteiger partial charge in [0.1, 0.15) is 24.6 Å². The fraction of sp³-hybridized carbons (Fsp3) is 0.222. The first kappa shape index (κ1) is 24.3. The van der Waals surface area contributed by atoms with Gasteiger partial charge in [-0.05, 0) is 49.2 Å². The zero-order valence-corrected chi connectivity index (χ0v) is 19.5. The van der Waals surface area contributed by atoms with Crippen molar-refractivity contribution >= 4 is 11.0 Å². The first-order chi connectivity index (χ1) is 16.5. The molecule has 1 atom stereocenters. The molecule has 0 fully saturated rings. The van der Waals surface area contributed by atoms with Crippen LogP contribution < -0.4 is 15.1 Å². The highest BCUT2D eigenvalue weighted by Gasteiger charge is 2.41. The van der Waals surface area contributed by atoms with E-state index in [4.69, 9.17) is 9.15 Å². The van der Waals surface area contributed by atoms with Crippen LogP contribution in [0.2, 0.25) is 0 Å². The number of benzene rings is 3. The topological polar surface area (TPSA) is 64.1 Å². The minimum Gasteiger partial charge on any atom is -0.507 e. The fourth-order valence-corrected chi connectivity index (χ4v) is 4.16. The number of aryl methyl sites for hydroxylation is 2. The van der Waals surface area contributed by atoms with Crippen LogP contribution in [0.15, 0.2) is 69.9 Å². The molecule has 1 aromatic heterocycles. The molecule has 0 spiro atoms. The molecule has 8 heteroatoms. The molecule has 0 amide bonds. The van der Waals surface area contributed by atoms with Crippen molar-refractivity contribution in [3.63, 3.8) is 0 Å². The van der Waals surface area contributed by atoms with Crippen LogP contribution in [-0.4, -0.2) is 12.2 Å². The van der Waals surface area contributed by atoms with Gasteiger partial charge in [0.15, 0.2) is 5.58 Å². The van der Waals surface area contributed by atoms with E-state index in [1.165, 1.54) is 12.1 Å². The molecule has 0 aliphatic rings. The Balaban J connectivity index is 1.82. The highest BCUT2D eigenvalue weighted by molar-refractivity contribution is 5.83. The Kier molecular flexibility index (Phi) is 6.58. The minimum atomic E-state index is -4.99. The van der Waals surface area contributed by atoms with Gasteiger partial charge in [-0.15, -0.1) is 0 Å². The lowest BCUT2D eigenvalue weighted by Gasteiger charge is -2.18. The third-order valence-corrected chi connectivity index (χ3v) is 5.60. The Morgan fingerprint density at radius 2 is 1.63 bits per heavy atom. The molecule has 0 saturated heterocycles. The van der Waals surface area contributed by atoms with Crippen molar-refractivity contribution in [2.45, 2.75) is 33.1 Å². The molecule has 35 heavy (non-hydrogen) atoms.